The van der Waals surface area contributed by atoms with Crippen molar-refractivity contribution in [1.29, 1.82) is 0 Å². The number of amides is 1. The number of benzene rings is 1. The molecule has 0 atom stereocenters. The predicted octanol–water partition coefficient (Wildman–Crippen LogP) is 1.51. The van der Waals surface area contributed by atoms with E-state index >= 15 is 0 Å². The van der Waals surface area contributed by atoms with E-state index in [0.717, 1.165) is 12.1 Å². The molecular weight excluding hydrogens is 268 g/mol. The number of ether oxygens (including phenoxy) is 1. The Balaban J connectivity index is 2.66. The summed E-state index contributed by atoms with van der Waals surface area (Å²) in [6, 6.07) is 7.11. The number of likely N-dealkylation sites (N-methyl/N-ethyl adjacent to an activating group) is 2. The molecule has 0 aliphatic rings. The van der Waals surface area contributed by atoms with Gasteiger partial charge in [-0.15, -0.1) is 0 Å². The van der Waals surface area contributed by atoms with E-state index in [4.69, 9.17) is 0 Å². The molecule has 114 valence electrons. The highest BCUT2D eigenvalue weighted by Gasteiger charge is 2.11. The van der Waals surface area contributed by atoms with Gasteiger partial charge in [-0.05, 0) is 37.9 Å². The molecule has 0 aliphatic carbocycles. The maximum Gasteiger partial charge on any atom is 0.330 e. The molecule has 1 rings (SSSR count). The molecule has 0 saturated carbocycles. The summed E-state index contributed by atoms with van der Waals surface area (Å²) in [6.45, 7) is 1.50. The molecule has 0 radical (unpaired) electrons. The van der Waals surface area contributed by atoms with Gasteiger partial charge in [-0.25, -0.2) is 4.79 Å². The van der Waals surface area contributed by atoms with Crippen molar-refractivity contribution in [3.63, 3.8) is 0 Å². The molecule has 0 saturated heterocycles. The van der Waals surface area contributed by atoms with Gasteiger partial charge in [0.15, 0.2) is 0 Å². The van der Waals surface area contributed by atoms with Crippen molar-refractivity contribution in [3.8, 4) is 0 Å². The van der Waals surface area contributed by atoms with Gasteiger partial charge in [0.1, 0.15) is 0 Å². The van der Waals surface area contributed by atoms with Gasteiger partial charge in [-0.1, -0.05) is 12.1 Å². The van der Waals surface area contributed by atoms with Crippen LogP contribution in [0.5, 0.6) is 0 Å². The molecule has 0 aromatic heterocycles. The zero-order valence-corrected chi connectivity index (χ0v) is 13.0. The zero-order chi connectivity index (χ0) is 15.8. The fourth-order valence-electron chi connectivity index (χ4n) is 1.64. The van der Waals surface area contributed by atoms with Crippen LogP contribution in [0, 0.1) is 0 Å². The normalized spacial score (nSPS) is 10.9. The molecule has 0 aliphatic heterocycles. The monoisotopic (exact) mass is 290 g/mol. The lowest BCUT2D eigenvalue weighted by Gasteiger charge is -2.19. The zero-order valence-electron chi connectivity index (χ0n) is 13.0. The Labute approximate surface area is 125 Å². The van der Waals surface area contributed by atoms with Crippen molar-refractivity contribution in [1.82, 2.24) is 9.80 Å². The number of rotatable bonds is 6. The topological polar surface area (TPSA) is 49.9 Å². The molecule has 0 heterocycles. The van der Waals surface area contributed by atoms with Crippen LogP contribution in [0.2, 0.25) is 0 Å². The number of carbonyl (C=O) groups excluding carboxylic acids is 2. The van der Waals surface area contributed by atoms with Gasteiger partial charge in [0.2, 0.25) is 0 Å². The summed E-state index contributed by atoms with van der Waals surface area (Å²) >= 11 is 0. The molecule has 0 fully saturated rings. The smallest absolute Gasteiger partial charge is 0.330 e. The summed E-state index contributed by atoms with van der Waals surface area (Å²) in [5.74, 6) is -0.418. The van der Waals surface area contributed by atoms with Gasteiger partial charge >= 0.3 is 5.97 Å². The molecule has 5 nitrogen and oxygen atoms in total. The Kier molecular flexibility index (Phi) is 6.62. The van der Waals surface area contributed by atoms with Crippen LogP contribution in [0.15, 0.2) is 30.3 Å². The van der Waals surface area contributed by atoms with Crippen molar-refractivity contribution < 1.29 is 14.3 Å². The van der Waals surface area contributed by atoms with Gasteiger partial charge in [-0.3, -0.25) is 4.79 Å². The largest absolute Gasteiger partial charge is 0.466 e. The Morgan fingerprint density at radius 1 is 1.10 bits per heavy atom. The van der Waals surface area contributed by atoms with Crippen LogP contribution >= 0.6 is 0 Å². The number of methoxy groups -OCH3 is 1. The van der Waals surface area contributed by atoms with E-state index < -0.39 is 5.97 Å². The van der Waals surface area contributed by atoms with Crippen LogP contribution in [0.4, 0.5) is 0 Å². The predicted molar refractivity (Wildman–Crippen MR) is 83.0 cm³/mol. The third kappa shape index (κ3) is 5.79. The fraction of sp³-hybridized carbons (Fsp3) is 0.375. The van der Waals surface area contributed by atoms with Crippen LogP contribution in [0.3, 0.4) is 0 Å². The lowest BCUT2D eigenvalue weighted by molar-refractivity contribution is -0.134. The third-order valence-corrected chi connectivity index (χ3v) is 3.00. The van der Waals surface area contributed by atoms with Crippen molar-refractivity contribution in [3.05, 3.63) is 41.5 Å². The van der Waals surface area contributed by atoms with Crippen molar-refractivity contribution >= 4 is 18.0 Å². The number of carbonyl (C=O) groups is 2. The summed E-state index contributed by atoms with van der Waals surface area (Å²) < 4.78 is 4.52. The molecule has 0 N–H and O–H groups in total. The highest BCUT2D eigenvalue weighted by atomic mass is 16.5. The number of hydrogen-bond donors (Lipinski definition) is 0. The summed E-state index contributed by atoms with van der Waals surface area (Å²) in [5, 5.41) is 0. The molecule has 1 aromatic carbocycles. The SMILES string of the molecule is COC(=O)C=Cc1ccc(C(=O)N(C)CCN(C)C)cc1. The standard InChI is InChI=1S/C16H22N2O3/c1-17(2)11-12-18(3)16(20)14-8-5-13(6-9-14)7-10-15(19)21-4/h5-10H,11-12H2,1-4H3. The summed E-state index contributed by atoms with van der Waals surface area (Å²) in [6.07, 6.45) is 3.00. The van der Waals surface area contributed by atoms with E-state index in [-0.39, 0.29) is 5.91 Å². The van der Waals surface area contributed by atoms with Gasteiger partial charge in [0.05, 0.1) is 7.11 Å². The average Bonchev–Trinajstić information content (AvgIpc) is 2.49. The molecule has 21 heavy (non-hydrogen) atoms. The average molecular weight is 290 g/mol. The van der Waals surface area contributed by atoms with Crippen LogP contribution in [-0.4, -0.2) is 63.0 Å². The lowest BCUT2D eigenvalue weighted by atomic mass is 10.1. The second kappa shape index (κ2) is 8.21. The van der Waals surface area contributed by atoms with Gasteiger partial charge < -0.3 is 14.5 Å². The summed E-state index contributed by atoms with van der Waals surface area (Å²) in [5.41, 5.74) is 1.47. The van der Waals surface area contributed by atoms with Crippen molar-refractivity contribution in [2.24, 2.45) is 0 Å². The van der Waals surface area contributed by atoms with Crippen LogP contribution in [0.25, 0.3) is 6.08 Å². The molecule has 1 aromatic rings. The van der Waals surface area contributed by atoms with E-state index in [1.54, 1.807) is 42.3 Å². The summed E-state index contributed by atoms with van der Waals surface area (Å²) in [7, 11) is 7.07. The first-order chi connectivity index (χ1) is 9.93. The van der Waals surface area contributed by atoms with Crippen LogP contribution in [0.1, 0.15) is 15.9 Å². The van der Waals surface area contributed by atoms with E-state index in [0.29, 0.717) is 12.1 Å². The maximum absolute atomic E-state index is 12.2. The molecule has 0 bridgehead atoms. The lowest BCUT2D eigenvalue weighted by Crippen LogP contribution is -2.33. The quantitative estimate of drug-likeness (QED) is 0.588. The minimum Gasteiger partial charge on any atom is -0.466 e. The van der Waals surface area contributed by atoms with E-state index in [1.165, 1.54) is 13.2 Å². The third-order valence-electron chi connectivity index (χ3n) is 3.00. The minimum atomic E-state index is -0.404. The Morgan fingerprint density at radius 2 is 1.71 bits per heavy atom. The number of esters is 1. The van der Waals surface area contributed by atoms with Crippen molar-refractivity contribution in [2.75, 3.05) is 41.3 Å². The van der Waals surface area contributed by atoms with Crippen molar-refractivity contribution in [2.45, 2.75) is 0 Å². The van der Waals surface area contributed by atoms with Crippen LogP contribution < -0.4 is 0 Å². The first-order valence-electron chi connectivity index (χ1n) is 6.70. The molecule has 0 unspecified atom stereocenters. The Bertz CT molecular complexity index is 507. The van der Waals surface area contributed by atoms with E-state index in [1.807, 2.05) is 19.0 Å². The van der Waals surface area contributed by atoms with Gasteiger partial charge in [-0.2, -0.15) is 0 Å². The maximum atomic E-state index is 12.2. The second-order valence-corrected chi connectivity index (χ2v) is 5.01. The summed E-state index contributed by atoms with van der Waals surface area (Å²) in [4.78, 5) is 26.9. The second-order valence-electron chi connectivity index (χ2n) is 5.01. The first kappa shape index (κ1) is 16.9. The molecule has 1 amide bonds. The van der Waals surface area contributed by atoms with Gasteiger partial charge in [0.25, 0.3) is 5.91 Å². The highest BCUT2D eigenvalue weighted by molar-refractivity contribution is 5.94. The molecular formula is C16H22N2O3. The van der Waals surface area contributed by atoms with E-state index in [9.17, 15) is 9.59 Å². The van der Waals surface area contributed by atoms with Gasteiger partial charge in [0, 0.05) is 31.8 Å². The fourth-order valence-corrected chi connectivity index (χ4v) is 1.64. The Hall–Kier alpha value is -2.14. The molecule has 0 spiro atoms. The minimum absolute atomic E-state index is 0.0136. The Morgan fingerprint density at radius 3 is 2.24 bits per heavy atom. The first-order valence-corrected chi connectivity index (χ1v) is 6.70. The van der Waals surface area contributed by atoms with E-state index in [2.05, 4.69) is 4.74 Å². The number of hydrogen-bond acceptors (Lipinski definition) is 4. The molecule has 5 heteroatoms. The van der Waals surface area contributed by atoms with Crippen LogP contribution in [-0.2, 0) is 9.53 Å². The highest BCUT2D eigenvalue weighted by Crippen LogP contribution is 2.08. The number of nitrogens with zero attached hydrogens (tertiary/aromatic N) is 2.